The lowest BCUT2D eigenvalue weighted by Crippen LogP contribution is -2.55. The lowest BCUT2D eigenvalue weighted by atomic mass is 9.95. The Hall–Kier alpha value is -0.660. The molecule has 2 atom stereocenters. The molecule has 0 spiro atoms. The zero-order chi connectivity index (χ0) is 10.1. The number of carbonyl (C=O) groups excluding carboxylic acids is 1. The third kappa shape index (κ3) is 2.94. The molecule has 0 saturated carbocycles. The highest BCUT2D eigenvalue weighted by Crippen LogP contribution is 2.12. The van der Waals surface area contributed by atoms with E-state index in [0.29, 0.717) is 6.54 Å². The molecular formula is C6H13N3O3S. The SMILES string of the molecule is CC1CCNC(=O)C1NS(N)(=O)=O. The predicted molar refractivity (Wildman–Crippen MR) is 46.8 cm³/mol. The number of hydrogen-bond donors (Lipinski definition) is 3. The van der Waals surface area contributed by atoms with E-state index < -0.39 is 16.3 Å². The standard InChI is InChI=1S/C6H13N3O3S/c1-4-2-3-8-6(10)5(4)9-13(7,11)12/h4-5,9H,2-3H2,1H3,(H,8,10)(H2,7,11,12). The van der Waals surface area contributed by atoms with Crippen molar-refractivity contribution in [1.29, 1.82) is 0 Å². The third-order valence-corrected chi connectivity index (χ3v) is 2.62. The summed E-state index contributed by atoms with van der Waals surface area (Å²) >= 11 is 0. The van der Waals surface area contributed by atoms with E-state index in [0.717, 1.165) is 6.42 Å². The molecule has 1 aliphatic heterocycles. The van der Waals surface area contributed by atoms with Crippen LogP contribution in [0.15, 0.2) is 0 Å². The van der Waals surface area contributed by atoms with Gasteiger partial charge < -0.3 is 5.32 Å². The topological polar surface area (TPSA) is 101 Å². The summed E-state index contributed by atoms with van der Waals surface area (Å²) in [5.41, 5.74) is 0. The first kappa shape index (κ1) is 10.4. The highest BCUT2D eigenvalue weighted by molar-refractivity contribution is 7.87. The first-order chi connectivity index (χ1) is 5.90. The van der Waals surface area contributed by atoms with E-state index in [-0.39, 0.29) is 11.8 Å². The van der Waals surface area contributed by atoms with Crippen LogP contribution in [-0.2, 0) is 15.0 Å². The second-order valence-electron chi connectivity index (χ2n) is 3.20. The smallest absolute Gasteiger partial charge is 0.275 e. The van der Waals surface area contributed by atoms with Crippen molar-refractivity contribution in [1.82, 2.24) is 10.0 Å². The van der Waals surface area contributed by atoms with Gasteiger partial charge in [0, 0.05) is 6.54 Å². The summed E-state index contributed by atoms with van der Waals surface area (Å²) in [7, 11) is -3.80. The van der Waals surface area contributed by atoms with E-state index in [1.54, 1.807) is 0 Å². The van der Waals surface area contributed by atoms with Gasteiger partial charge in [-0.05, 0) is 12.3 Å². The van der Waals surface area contributed by atoms with Crippen LogP contribution in [-0.4, -0.2) is 26.9 Å². The van der Waals surface area contributed by atoms with E-state index in [2.05, 4.69) is 10.0 Å². The van der Waals surface area contributed by atoms with Crippen LogP contribution < -0.4 is 15.2 Å². The van der Waals surface area contributed by atoms with Gasteiger partial charge >= 0.3 is 0 Å². The van der Waals surface area contributed by atoms with Gasteiger partial charge in [-0.2, -0.15) is 13.1 Å². The maximum Gasteiger partial charge on any atom is 0.275 e. The molecule has 0 aromatic rings. The number of amides is 1. The molecule has 13 heavy (non-hydrogen) atoms. The molecule has 1 amide bonds. The Balaban J connectivity index is 2.70. The molecule has 0 aliphatic carbocycles. The van der Waals surface area contributed by atoms with Gasteiger partial charge in [0.25, 0.3) is 10.2 Å². The van der Waals surface area contributed by atoms with Crippen molar-refractivity contribution >= 4 is 16.1 Å². The molecule has 7 heteroatoms. The second kappa shape index (κ2) is 3.60. The summed E-state index contributed by atoms with van der Waals surface area (Å²) in [6, 6.07) is -0.733. The maximum atomic E-state index is 11.2. The molecule has 2 unspecified atom stereocenters. The number of nitrogens with two attached hydrogens (primary N) is 1. The Labute approximate surface area is 77.1 Å². The Kier molecular flexibility index (Phi) is 2.89. The molecule has 4 N–H and O–H groups in total. The first-order valence-electron chi connectivity index (χ1n) is 3.98. The fourth-order valence-electron chi connectivity index (χ4n) is 1.30. The lowest BCUT2D eigenvalue weighted by molar-refractivity contribution is -0.125. The van der Waals surface area contributed by atoms with Crippen molar-refractivity contribution in [3.8, 4) is 0 Å². The molecule has 0 bridgehead atoms. The van der Waals surface area contributed by atoms with Crippen LogP contribution in [0, 0.1) is 5.92 Å². The molecular weight excluding hydrogens is 194 g/mol. The van der Waals surface area contributed by atoms with Crippen LogP contribution in [0.2, 0.25) is 0 Å². The fourth-order valence-corrected chi connectivity index (χ4v) is 2.00. The predicted octanol–water partition coefficient (Wildman–Crippen LogP) is -1.70. The molecule has 6 nitrogen and oxygen atoms in total. The highest BCUT2D eigenvalue weighted by atomic mass is 32.2. The van der Waals surface area contributed by atoms with Gasteiger partial charge in [0.05, 0.1) is 0 Å². The number of carbonyl (C=O) groups is 1. The van der Waals surface area contributed by atoms with E-state index in [9.17, 15) is 13.2 Å². The van der Waals surface area contributed by atoms with Crippen LogP contribution >= 0.6 is 0 Å². The number of nitrogens with one attached hydrogen (secondary N) is 2. The molecule has 76 valence electrons. The van der Waals surface area contributed by atoms with Crippen LogP contribution in [0.3, 0.4) is 0 Å². The first-order valence-corrected chi connectivity index (χ1v) is 5.52. The van der Waals surface area contributed by atoms with Crippen molar-refractivity contribution in [2.45, 2.75) is 19.4 Å². The number of rotatable bonds is 2. The number of hydrogen-bond acceptors (Lipinski definition) is 3. The molecule has 1 heterocycles. The molecule has 0 aromatic carbocycles. The third-order valence-electron chi connectivity index (χ3n) is 2.04. The molecule has 1 saturated heterocycles. The van der Waals surface area contributed by atoms with E-state index in [1.165, 1.54) is 0 Å². The van der Waals surface area contributed by atoms with Crippen molar-refractivity contribution < 1.29 is 13.2 Å². The van der Waals surface area contributed by atoms with E-state index in [1.807, 2.05) is 6.92 Å². The quantitative estimate of drug-likeness (QED) is 0.503. The van der Waals surface area contributed by atoms with Crippen molar-refractivity contribution in [2.24, 2.45) is 11.1 Å². The zero-order valence-corrected chi connectivity index (χ0v) is 8.10. The van der Waals surface area contributed by atoms with Gasteiger partial charge in [-0.3, -0.25) is 4.79 Å². The highest BCUT2D eigenvalue weighted by Gasteiger charge is 2.30. The largest absolute Gasteiger partial charge is 0.355 e. The van der Waals surface area contributed by atoms with Crippen LogP contribution in [0.4, 0.5) is 0 Å². The van der Waals surface area contributed by atoms with Gasteiger partial charge in [-0.25, -0.2) is 5.14 Å². The van der Waals surface area contributed by atoms with Crippen molar-refractivity contribution in [3.05, 3.63) is 0 Å². The maximum absolute atomic E-state index is 11.2. The minimum absolute atomic E-state index is 0.0212. The summed E-state index contributed by atoms with van der Waals surface area (Å²) < 4.78 is 23.5. The molecule has 0 radical (unpaired) electrons. The zero-order valence-electron chi connectivity index (χ0n) is 7.28. The average molecular weight is 207 g/mol. The van der Waals surface area contributed by atoms with Crippen molar-refractivity contribution in [3.63, 3.8) is 0 Å². The Morgan fingerprint density at radius 3 is 2.69 bits per heavy atom. The minimum Gasteiger partial charge on any atom is -0.355 e. The van der Waals surface area contributed by atoms with Gasteiger partial charge in [0.2, 0.25) is 5.91 Å². The van der Waals surface area contributed by atoms with Gasteiger partial charge in [0.1, 0.15) is 6.04 Å². The Morgan fingerprint density at radius 1 is 1.62 bits per heavy atom. The molecule has 1 fully saturated rings. The Bertz CT molecular complexity index is 300. The van der Waals surface area contributed by atoms with Crippen LogP contribution in [0.5, 0.6) is 0 Å². The van der Waals surface area contributed by atoms with E-state index >= 15 is 0 Å². The lowest BCUT2D eigenvalue weighted by Gasteiger charge is -2.27. The second-order valence-corrected chi connectivity index (χ2v) is 4.52. The summed E-state index contributed by atoms with van der Waals surface area (Å²) in [6.07, 6.45) is 0.749. The average Bonchev–Trinajstić information content (AvgIpc) is 1.95. The van der Waals surface area contributed by atoms with Crippen molar-refractivity contribution in [2.75, 3.05) is 6.54 Å². The normalized spacial score (nSPS) is 29.8. The monoisotopic (exact) mass is 207 g/mol. The van der Waals surface area contributed by atoms with E-state index in [4.69, 9.17) is 5.14 Å². The van der Waals surface area contributed by atoms with Gasteiger partial charge in [-0.15, -0.1) is 0 Å². The summed E-state index contributed by atoms with van der Waals surface area (Å²) in [6.45, 7) is 2.39. The molecule has 1 rings (SSSR count). The van der Waals surface area contributed by atoms with Gasteiger partial charge in [-0.1, -0.05) is 6.92 Å². The number of piperidine rings is 1. The molecule has 1 aliphatic rings. The van der Waals surface area contributed by atoms with Crippen LogP contribution in [0.1, 0.15) is 13.3 Å². The summed E-state index contributed by atoms with van der Waals surface area (Å²) in [5, 5.41) is 7.34. The summed E-state index contributed by atoms with van der Waals surface area (Å²) in [4.78, 5) is 11.2. The summed E-state index contributed by atoms with van der Waals surface area (Å²) in [5.74, 6) is -0.333. The van der Waals surface area contributed by atoms with Crippen LogP contribution in [0.25, 0.3) is 0 Å². The minimum atomic E-state index is -3.80. The molecule has 0 aromatic heterocycles. The fraction of sp³-hybridized carbons (Fsp3) is 0.833. The van der Waals surface area contributed by atoms with Gasteiger partial charge in [0.15, 0.2) is 0 Å². The Morgan fingerprint density at radius 2 is 2.23 bits per heavy atom.